The van der Waals surface area contributed by atoms with Crippen molar-refractivity contribution in [3.8, 4) is 0 Å². The molecule has 0 bridgehead atoms. The molecule has 0 fully saturated rings. The molecule has 0 aliphatic heterocycles. The summed E-state index contributed by atoms with van der Waals surface area (Å²) in [4.78, 5) is 23.9. The first-order valence-electron chi connectivity index (χ1n) is 6.67. The molecule has 2 aromatic rings. The molecule has 0 aliphatic carbocycles. The van der Waals surface area contributed by atoms with Crippen LogP contribution in [0.25, 0.3) is 0 Å². The second kappa shape index (κ2) is 7.31. The minimum atomic E-state index is -0.273. The highest BCUT2D eigenvalue weighted by atomic mass is 16.3. The van der Waals surface area contributed by atoms with Gasteiger partial charge in [-0.1, -0.05) is 30.3 Å². The van der Waals surface area contributed by atoms with Crippen LogP contribution in [0.3, 0.4) is 0 Å². The molecular formula is C16H17N2O3+. The van der Waals surface area contributed by atoms with Gasteiger partial charge in [0, 0.05) is 18.2 Å². The Bertz CT molecular complexity index is 626. The van der Waals surface area contributed by atoms with Crippen LogP contribution in [0.2, 0.25) is 0 Å². The van der Waals surface area contributed by atoms with Gasteiger partial charge < -0.3 is 10.4 Å². The van der Waals surface area contributed by atoms with Gasteiger partial charge in [-0.05, 0) is 6.07 Å². The summed E-state index contributed by atoms with van der Waals surface area (Å²) in [6.07, 6.45) is 3.36. The zero-order chi connectivity index (χ0) is 15.1. The maximum absolute atomic E-state index is 12.1. The summed E-state index contributed by atoms with van der Waals surface area (Å²) in [5, 5.41) is 11.3. The molecule has 0 saturated carbocycles. The molecule has 1 amide bonds. The minimum Gasteiger partial charge on any atom is -0.395 e. The number of hydrogen-bond donors (Lipinski definition) is 2. The fourth-order valence-electron chi connectivity index (χ4n) is 1.91. The third-order valence-corrected chi connectivity index (χ3v) is 2.94. The van der Waals surface area contributed by atoms with E-state index in [2.05, 4.69) is 5.32 Å². The van der Waals surface area contributed by atoms with Gasteiger partial charge in [0.25, 0.3) is 5.91 Å². The van der Waals surface area contributed by atoms with E-state index in [0.717, 1.165) is 0 Å². The van der Waals surface area contributed by atoms with Crippen LogP contribution >= 0.6 is 0 Å². The summed E-state index contributed by atoms with van der Waals surface area (Å²) in [5.41, 5.74) is 1.09. The Morgan fingerprint density at radius 3 is 2.48 bits per heavy atom. The maximum atomic E-state index is 12.1. The van der Waals surface area contributed by atoms with E-state index in [0.29, 0.717) is 11.1 Å². The van der Waals surface area contributed by atoms with Crippen molar-refractivity contribution in [1.82, 2.24) is 5.32 Å². The zero-order valence-electron chi connectivity index (χ0n) is 11.5. The van der Waals surface area contributed by atoms with Gasteiger partial charge in [-0.15, -0.1) is 0 Å². The second-order valence-electron chi connectivity index (χ2n) is 4.53. The monoisotopic (exact) mass is 285 g/mol. The number of pyridine rings is 1. The molecule has 0 unspecified atom stereocenters. The van der Waals surface area contributed by atoms with E-state index in [9.17, 15) is 9.59 Å². The van der Waals surface area contributed by atoms with Crippen LogP contribution in [0, 0.1) is 0 Å². The van der Waals surface area contributed by atoms with Crippen molar-refractivity contribution in [3.05, 3.63) is 66.0 Å². The van der Waals surface area contributed by atoms with Crippen LogP contribution in [-0.4, -0.2) is 29.9 Å². The quantitative estimate of drug-likeness (QED) is 0.602. The van der Waals surface area contributed by atoms with Crippen molar-refractivity contribution in [3.63, 3.8) is 0 Å². The Labute approximate surface area is 122 Å². The van der Waals surface area contributed by atoms with Crippen LogP contribution in [0.15, 0.2) is 54.9 Å². The highest BCUT2D eigenvalue weighted by molar-refractivity contribution is 5.95. The molecule has 108 valence electrons. The largest absolute Gasteiger partial charge is 0.395 e. The molecule has 0 saturated heterocycles. The molecule has 0 atom stereocenters. The van der Waals surface area contributed by atoms with E-state index < -0.39 is 0 Å². The van der Waals surface area contributed by atoms with Gasteiger partial charge in [0.05, 0.1) is 6.61 Å². The Kier molecular flexibility index (Phi) is 5.17. The zero-order valence-corrected chi connectivity index (χ0v) is 11.5. The Hall–Kier alpha value is -2.53. The molecule has 21 heavy (non-hydrogen) atoms. The number of Topliss-reactive ketones (excluding diaryl/α,β-unsaturated/α-hetero) is 1. The number of hydrogen-bond acceptors (Lipinski definition) is 3. The van der Waals surface area contributed by atoms with E-state index in [1.54, 1.807) is 41.2 Å². The molecule has 1 aromatic heterocycles. The van der Waals surface area contributed by atoms with Gasteiger partial charge in [0.1, 0.15) is 5.56 Å². The van der Waals surface area contributed by atoms with Crippen molar-refractivity contribution in [2.45, 2.75) is 6.54 Å². The molecule has 2 N–H and O–H groups in total. The molecule has 5 nitrogen and oxygen atoms in total. The smallest absolute Gasteiger partial charge is 0.257 e. The highest BCUT2D eigenvalue weighted by Gasteiger charge is 2.14. The lowest BCUT2D eigenvalue weighted by atomic mass is 10.1. The van der Waals surface area contributed by atoms with Crippen molar-refractivity contribution in [2.75, 3.05) is 13.2 Å². The molecule has 0 spiro atoms. The van der Waals surface area contributed by atoms with E-state index in [1.807, 2.05) is 18.2 Å². The summed E-state index contributed by atoms with van der Waals surface area (Å²) in [6.45, 7) is 0.271. The van der Waals surface area contributed by atoms with Crippen LogP contribution < -0.4 is 9.88 Å². The van der Waals surface area contributed by atoms with Crippen molar-refractivity contribution >= 4 is 11.7 Å². The number of nitrogens with zero attached hydrogens (tertiary/aromatic N) is 1. The molecule has 1 aromatic carbocycles. The first-order chi connectivity index (χ1) is 10.2. The van der Waals surface area contributed by atoms with Crippen LogP contribution in [0.5, 0.6) is 0 Å². The average molecular weight is 285 g/mol. The lowest BCUT2D eigenvalue weighted by Crippen LogP contribution is -2.39. The van der Waals surface area contributed by atoms with Crippen molar-refractivity contribution < 1.29 is 19.3 Å². The van der Waals surface area contributed by atoms with Crippen LogP contribution in [0.4, 0.5) is 0 Å². The van der Waals surface area contributed by atoms with Crippen molar-refractivity contribution in [1.29, 1.82) is 0 Å². The number of ketones is 1. The molecule has 2 rings (SSSR count). The summed E-state index contributed by atoms with van der Waals surface area (Å²) >= 11 is 0. The number of aliphatic hydroxyl groups excluding tert-OH is 1. The topological polar surface area (TPSA) is 70.3 Å². The normalized spacial score (nSPS) is 10.1. The van der Waals surface area contributed by atoms with E-state index in [4.69, 9.17) is 5.11 Å². The van der Waals surface area contributed by atoms with Crippen molar-refractivity contribution in [2.24, 2.45) is 0 Å². The summed E-state index contributed by atoms with van der Waals surface area (Å²) in [7, 11) is 0. The Balaban J connectivity index is 2.07. The fourth-order valence-corrected chi connectivity index (χ4v) is 1.91. The van der Waals surface area contributed by atoms with Gasteiger partial charge in [-0.3, -0.25) is 9.59 Å². The van der Waals surface area contributed by atoms with Gasteiger partial charge in [-0.2, -0.15) is 4.57 Å². The third-order valence-electron chi connectivity index (χ3n) is 2.94. The predicted octanol–water partition coefficient (Wildman–Crippen LogP) is 0.579. The van der Waals surface area contributed by atoms with Crippen LogP contribution in [0.1, 0.15) is 20.7 Å². The summed E-state index contributed by atoms with van der Waals surface area (Å²) < 4.78 is 1.67. The second-order valence-corrected chi connectivity index (χ2v) is 4.53. The molecular weight excluding hydrogens is 268 g/mol. The number of aliphatic hydroxyl groups is 1. The van der Waals surface area contributed by atoms with Gasteiger partial charge >= 0.3 is 0 Å². The SMILES string of the molecule is O=C(C[n+]1cccc(C(=O)NCCO)c1)c1ccccc1. The predicted molar refractivity (Wildman–Crippen MR) is 76.8 cm³/mol. The maximum Gasteiger partial charge on any atom is 0.257 e. The van der Waals surface area contributed by atoms with Crippen LogP contribution in [-0.2, 0) is 6.54 Å². The highest BCUT2D eigenvalue weighted by Crippen LogP contribution is 2.00. The lowest BCUT2D eigenvalue weighted by Gasteiger charge is -2.02. The molecule has 0 aliphatic rings. The number of amides is 1. The Morgan fingerprint density at radius 1 is 1.05 bits per heavy atom. The summed E-state index contributed by atoms with van der Waals surface area (Å²) in [5.74, 6) is -0.293. The van der Waals surface area contributed by atoms with E-state index >= 15 is 0 Å². The molecule has 0 radical (unpaired) electrons. The first kappa shape index (κ1) is 14.9. The van der Waals surface area contributed by atoms with Gasteiger partial charge in [-0.25, -0.2) is 0 Å². The standard InChI is InChI=1S/C16H16N2O3/c19-10-8-17-16(21)14-7-4-9-18(11-14)12-15(20)13-5-2-1-3-6-13/h1-7,9,11,19H,8,10,12H2/p+1. The Morgan fingerprint density at radius 2 is 1.76 bits per heavy atom. The minimum absolute atomic E-state index is 0.0199. The van der Waals surface area contributed by atoms with Gasteiger partial charge in [0.2, 0.25) is 12.3 Å². The number of carbonyl (C=O) groups excluding carboxylic acids is 2. The lowest BCUT2D eigenvalue weighted by molar-refractivity contribution is -0.683. The number of nitrogens with one attached hydrogen (secondary N) is 1. The first-order valence-corrected chi connectivity index (χ1v) is 6.67. The van der Waals surface area contributed by atoms with E-state index in [1.165, 1.54) is 0 Å². The number of benzene rings is 1. The van der Waals surface area contributed by atoms with E-state index in [-0.39, 0.29) is 31.4 Å². The number of carbonyl (C=O) groups is 2. The number of rotatable bonds is 6. The van der Waals surface area contributed by atoms with Gasteiger partial charge in [0.15, 0.2) is 12.4 Å². The third kappa shape index (κ3) is 4.22. The fraction of sp³-hybridized carbons (Fsp3) is 0.188. The average Bonchev–Trinajstić information content (AvgIpc) is 2.53. The molecule has 1 heterocycles. The number of aromatic nitrogens is 1. The molecule has 5 heteroatoms. The summed E-state index contributed by atoms with van der Waals surface area (Å²) in [6, 6.07) is 12.4.